The van der Waals surface area contributed by atoms with Crippen molar-refractivity contribution in [3.8, 4) is 0 Å². The monoisotopic (exact) mass is 279 g/mol. The number of nitrogens with one attached hydrogen (secondary N) is 1. The molecule has 1 N–H and O–H groups in total. The minimum Gasteiger partial charge on any atom is -0.319 e. The summed E-state index contributed by atoms with van der Waals surface area (Å²) in [7, 11) is 0. The van der Waals surface area contributed by atoms with Crippen molar-refractivity contribution in [1.82, 2.24) is 9.88 Å². The lowest BCUT2D eigenvalue weighted by Gasteiger charge is -2.43. The summed E-state index contributed by atoms with van der Waals surface area (Å²) >= 11 is 1.48. The van der Waals surface area contributed by atoms with Crippen molar-refractivity contribution in [1.29, 1.82) is 0 Å². The second-order valence-corrected chi connectivity index (χ2v) is 6.45. The molecule has 2 amide bonds. The Hall–Kier alpha value is -1.10. The van der Waals surface area contributed by atoms with Crippen LogP contribution in [0.4, 0.5) is 9.93 Å². The Bertz CT molecular complexity index is 410. The molecule has 1 aromatic rings. The van der Waals surface area contributed by atoms with Crippen LogP contribution in [0.2, 0.25) is 0 Å². The number of thiazole rings is 1. The molecule has 2 fully saturated rings. The number of carbonyl (C=O) groups is 1. The molecule has 0 atom stereocenters. The largest absolute Gasteiger partial charge is 0.324 e. The van der Waals surface area contributed by atoms with Crippen molar-refractivity contribution < 1.29 is 4.79 Å². The molecule has 1 aromatic heterocycles. The maximum absolute atomic E-state index is 12.5. The number of aromatic nitrogens is 1. The average molecular weight is 279 g/mol. The minimum atomic E-state index is 0.0616. The summed E-state index contributed by atoms with van der Waals surface area (Å²) in [5.41, 5.74) is 0. The van der Waals surface area contributed by atoms with Gasteiger partial charge in [0.2, 0.25) is 0 Å². The van der Waals surface area contributed by atoms with Crippen molar-refractivity contribution in [3.05, 3.63) is 11.6 Å². The quantitative estimate of drug-likeness (QED) is 0.913. The van der Waals surface area contributed by atoms with Crippen LogP contribution in [0.15, 0.2) is 11.6 Å². The third kappa shape index (κ3) is 2.91. The van der Waals surface area contributed by atoms with E-state index in [1.165, 1.54) is 62.7 Å². The maximum Gasteiger partial charge on any atom is 0.324 e. The smallest absolute Gasteiger partial charge is 0.319 e. The lowest BCUT2D eigenvalue weighted by molar-refractivity contribution is 0.0956. The zero-order valence-electron chi connectivity index (χ0n) is 11.2. The molecule has 0 unspecified atom stereocenters. The molecule has 0 aliphatic heterocycles. The number of hydrogen-bond acceptors (Lipinski definition) is 3. The van der Waals surface area contributed by atoms with Crippen LogP contribution in [0.25, 0.3) is 0 Å². The van der Waals surface area contributed by atoms with Crippen LogP contribution in [0.1, 0.15) is 51.4 Å². The fourth-order valence-corrected chi connectivity index (χ4v) is 3.61. The summed E-state index contributed by atoms with van der Waals surface area (Å²) in [6.07, 6.45) is 11.5. The van der Waals surface area contributed by atoms with E-state index in [1.807, 2.05) is 5.38 Å². The topological polar surface area (TPSA) is 45.2 Å². The summed E-state index contributed by atoms with van der Waals surface area (Å²) < 4.78 is 0. The molecule has 0 aromatic carbocycles. The minimum absolute atomic E-state index is 0.0616. The second kappa shape index (κ2) is 5.90. The predicted octanol–water partition coefficient (Wildman–Crippen LogP) is 3.86. The summed E-state index contributed by atoms with van der Waals surface area (Å²) in [6.45, 7) is 0. The van der Waals surface area contributed by atoms with Crippen molar-refractivity contribution in [2.45, 2.75) is 63.5 Å². The molecule has 0 spiro atoms. The molecule has 2 aliphatic carbocycles. The summed E-state index contributed by atoms with van der Waals surface area (Å²) in [5, 5.41) is 5.57. The van der Waals surface area contributed by atoms with Crippen LogP contribution in [-0.2, 0) is 0 Å². The summed E-state index contributed by atoms with van der Waals surface area (Å²) in [5.74, 6) is 0. The van der Waals surface area contributed by atoms with Crippen LogP contribution >= 0.6 is 11.3 Å². The Labute approximate surface area is 118 Å². The zero-order chi connectivity index (χ0) is 13.1. The molecule has 19 heavy (non-hydrogen) atoms. The Morgan fingerprint density at radius 2 is 1.84 bits per heavy atom. The molecule has 1 heterocycles. The standard InChI is InChI=1S/C14H21N3OS/c18-14(16-13-15-9-10-19-13)17(12-7-4-8-12)11-5-2-1-3-6-11/h9-12H,1-8H2,(H,15,16,18). The first-order valence-corrected chi connectivity index (χ1v) is 8.21. The first-order chi connectivity index (χ1) is 9.34. The SMILES string of the molecule is O=C(Nc1nccs1)N(C1CCCCC1)C1CCC1. The first kappa shape index (κ1) is 12.9. The number of carbonyl (C=O) groups excluding carboxylic acids is 1. The van der Waals surface area contributed by atoms with Gasteiger partial charge in [0, 0.05) is 23.7 Å². The van der Waals surface area contributed by atoms with Gasteiger partial charge in [-0.1, -0.05) is 19.3 Å². The summed E-state index contributed by atoms with van der Waals surface area (Å²) in [6, 6.07) is 0.966. The molecule has 2 aliphatic rings. The first-order valence-electron chi connectivity index (χ1n) is 7.33. The Morgan fingerprint density at radius 3 is 2.37 bits per heavy atom. The molecular formula is C14H21N3OS. The van der Waals surface area contributed by atoms with E-state index in [4.69, 9.17) is 0 Å². The third-order valence-electron chi connectivity index (χ3n) is 4.32. The molecule has 0 radical (unpaired) electrons. The van der Waals surface area contributed by atoms with Gasteiger partial charge in [0.25, 0.3) is 0 Å². The van der Waals surface area contributed by atoms with Crippen molar-refractivity contribution in [2.24, 2.45) is 0 Å². The van der Waals surface area contributed by atoms with Gasteiger partial charge in [0.05, 0.1) is 0 Å². The van der Waals surface area contributed by atoms with Crippen LogP contribution < -0.4 is 5.32 Å². The van der Waals surface area contributed by atoms with E-state index in [9.17, 15) is 4.79 Å². The Kier molecular flexibility index (Phi) is 4.01. The van der Waals surface area contributed by atoms with Gasteiger partial charge >= 0.3 is 6.03 Å². The normalized spacial score (nSPS) is 20.8. The van der Waals surface area contributed by atoms with Gasteiger partial charge in [-0.25, -0.2) is 9.78 Å². The lowest BCUT2D eigenvalue weighted by atomic mass is 9.87. The highest BCUT2D eigenvalue weighted by molar-refractivity contribution is 7.13. The van der Waals surface area contributed by atoms with Crippen LogP contribution in [0.5, 0.6) is 0 Å². The van der Waals surface area contributed by atoms with E-state index in [-0.39, 0.29) is 6.03 Å². The molecule has 0 bridgehead atoms. The fraction of sp³-hybridized carbons (Fsp3) is 0.714. The number of amides is 2. The van der Waals surface area contributed by atoms with Gasteiger partial charge in [0.15, 0.2) is 5.13 Å². The third-order valence-corrected chi connectivity index (χ3v) is 5.01. The molecular weight excluding hydrogens is 258 g/mol. The van der Waals surface area contributed by atoms with Gasteiger partial charge in [0.1, 0.15) is 0 Å². The molecule has 2 saturated carbocycles. The highest BCUT2D eigenvalue weighted by Gasteiger charge is 2.34. The summed E-state index contributed by atoms with van der Waals surface area (Å²) in [4.78, 5) is 18.8. The van der Waals surface area contributed by atoms with Gasteiger partial charge in [-0.2, -0.15) is 0 Å². The highest BCUT2D eigenvalue weighted by Crippen LogP contribution is 2.32. The van der Waals surface area contributed by atoms with E-state index in [0.717, 1.165) is 0 Å². The predicted molar refractivity (Wildman–Crippen MR) is 77.5 cm³/mol. The van der Waals surface area contributed by atoms with Crippen LogP contribution in [0, 0.1) is 0 Å². The van der Waals surface area contributed by atoms with Gasteiger partial charge < -0.3 is 4.90 Å². The highest BCUT2D eigenvalue weighted by atomic mass is 32.1. The number of rotatable bonds is 3. The molecule has 104 valence electrons. The van der Waals surface area contributed by atoms with E-state index >= 15 is 0 Å². The molecule has 4 nitrogen and oxygen atoms in total. The number of nitrogens with zero attached hydrogens (tertiary/aromatic N) is 2. The zero-order valence-corrected chi connectivity index (χ0v) is 12.0. The average Bonchev–Trinajstić information content (AvgIpc) is 2.87. The maximum atomic E-state index is 12.5. The van der Waals surface area contributed by atoms with E-state index in [0.29, 0.717) is 17.2 Å². The molecule has 0 saturated heterocycles. The Balaban J connectivity index is 1.68. The van der Waals surface area contributed by atoms with Crippen LogP contribution in [-0.4, -0.2) is 28.0 Å². The number of urea groups is 1. The van der Waals surface area contributed by atoms with E-state index in [1.54, 1.807) is 6.20 Å². The lowest BCUT2D eigenvalue weighted by Crippen LogP contribution is -2.52. The van der Waals surface area contributed by atoms with Crippen molar-refractivity contribution >= 4 is 22.5 Å². The van der Waals surface area contributed by atoms with Crippen LogP contribution in [0.3, 0.4) is 0 Å². The fourth-order valence-electron chi connectivity index (χ4n) is 3.10. The van der Waals surface area contributed by atoms with Gasteiger partial charge in [-0.05, 0) is 32.1 Å². The van der Waals surface area contributed by atoms with Crippen molar-refractivity contribution in [2.75, 3.05) is 5.32 Å². The van der Waals surface area contributed by atoms with Gasteiger partial charge in [-0.15, -0.1) is 11.3 Å². The number of hydrogen-bond donors (Lipinski definition) is 1. The van der Waals surface area contributed by atoms with Gasteiger partial charge in [-0.3, -0.25) is 5.32 Å². The number of anilines is 1. The van der Waals surface area contributed by atoms with E-state index < -0.39 is 0 Å². The second-order valence-electron chi connectivity index (χ2n) is 5.55. The molecule has 5 heteroatoms. The Morgan fingerprint density at radius 1 is 1.16 bits per heavy atom. The van der Waals surface area contributed by atoms with E-state index in [2.05, 4.69) is 15.2 Å². The molecule has 3 rings (SSSR count). The van der Waals surface area contributed by atoms with Crippen molar-refractivity contribution in [3.63, 3.8) is 0 Å².